The molecule has 3 N–H and O–H groups in total. The van der Waals surface area contributed by atoms with Crippen LogP contribution in [0.1, 0.15) is 44.6 Å². The summed E-state index contributed by atoms with van der Waals surface area (Å²) in [4.78, 5) is 22.8. The van der Waals surface area contributed by atoms with Gasteiger partial charge in [0, 0.05) is 54.7 Å². The van der Waals surface area contributed by atoms with Crippen LogP contribution >= 0.6 is 0 Å². The van der Waals surface area contributed by atoms with Crippen LogP contribution < -0.4 is 15.4 Å². The molecular formula is C31H41FN4O3S. The fraction of sp³-hybridized carbons (Fsp3) is 0.290. The third kappa shape index (κ3) is 12.3. The van der Waals surface area contributed by atoms with Crippen LogP contribution in [0.3, 0.4) is 0 Å². The molecule has 0 saturated heterocycles. The number of fused-ring (bicyclic) bond motifs is 1. The predicted octanol–water partition coefficient (Wildman–Crippen LogP) is 7.40. The number of anilines is 3. The van der Waals surface area contributed by atoms with E-state index < -0.39 is 11.0 Å². The predicted molar refractivity (Wildman–Crippen MR) is 169 cm³/mol. The van der Waals surface area contributed by atoms with Crippen molar-refractivity contribution in [3.8, 4) is 0 Å². The third-order valence-electron chi connectivity index (χ3n) is 5.28. The summed E-state index contributed by atoms with van der Waals surface area (Å²) in [6.07, 6.45) is 5.58. The third-order valence-corrected chi connectivity index (χ3v) is 5.81. The summed E-state index contributed by atoms with van der Waals surface area (Å²) < 4.78 is 27.6. The van der Waals surface area contributed by atoms with Crippen LogP contribution in [0.25, 0.3) is 10.9 Å². The van der Waals surface area contributed by atoms with Crippen LogP contribution in [0.4, 0.5) is 21.5 Å². The second-order valence-corrected chi connectivity index (χ2v) is 11.3. The topological polar surface area (TPSA) is 92.2 Å². The van der Waals surface area contributed by atoms with E-state index in [4.69, 9.17) is 0 Å². The summed E-state index contributed by atoms with van der Waals surface area (Å²) in [6, 6.07) is 15.1. The molecule has 1 atom stereocenters. The minimum atomic E-state index is -0.996. The van der Waals surface area contributed by atoms with Crippen molar-refractivity contribution < 1.29 is 18.2 Å². The molecule has 0 fully saturated rings. The Labute approximate surface area is 239 Å². The molecule has 1 aromatic heterocycles. The lowest BCUT2D eigenvalue weighted by Gasteiger charge is -2.17. The van der Waals surface area contributed by atoms with Gasteiger partial charge in [-0.3, -0.25) is 9.59 Å². The zero-order chi connectivity index (χ0) is 30.5. The molecule has 7 nitrogen and oxygen atoms in total. The molecule has 0 radical (unpaired) electrons. The number of aryl methyl sites for hydroxylation is 1. The van der Waals surface area contributed by atoms with Crippen LogP contribution in [0.15, 0.2) is 85.2 Å². The van der Waals surface area contributed by atoms with Gasteiger partial charge in [-0.05, 0) is 72.5 Å². The van der Waals surface area contributed by atoms with Gasteiger partial charge in [0.15, 0.2) is 6.29 Å². The molecular weight excluding hydrogens is 527 g/mol. The molecule has 1 unspecified atom stereocenters. The SMILES string of the molecule is C=C/C=C(/F)C(=C)C.CNc1ccc(NS(C)=O)cc1.Cn1c(C=O)cc2cc(NC(=O)CC(C)(C)C)ccc21. The number of hydrogen-bond acceptors (Lipinski definition) is 4. The van der Waals surface area contributed by atoms with E-state index in [1.165, 1.54) is 12.2 Å². The molecule has 3 rings (SSSR count). The summed E-state index contributed by atoms with van der Waals surface area (Å²) in [5.74, 6) is -0.302. The van der Waals surface area contributed by atoms with Gasteiger partial charge in [0.25, 0.3) is 0 Å². The van der Waals surface area contributed by atoms with Crippen molar-refractivity contribution >= 4 is 51.1 Å². The van der Waals surface area contributed by atoms with Gasteiger partial charge in [0.2, 0.25) is 5.91 Å². The van der Waals surface area contributed by atoms with E-state index >= 15 is 0 Å². The molecule has 0 bridgehead atoms. The lowest BCUT2D eigenvalue weighted by Crippen LogP contribution is -2.19. The van der Waals surface area contributed by atoms with E-state index in [1.54, 1.807) is 13.2 Å². The fourth-order valence-electron chi connectivity index (χ4n) is 3.37. The lowest BCUT2D eigenvalue weighted by molar-refractivity contribution is -0.117. The summed E-state index contributed by atoms with van der Waals surface area (Å²) in [7, 11) is 2.72. The molecule has 0 aliphatic heterocycles. The first-order chi connectivity index (χ1) is 18.7. The maximum Gasteiger partial charge on any atom is 0.224 e. The highest BCUT2D eigenvalue weighted by Crippen LogP contribution is 2.24. The first kappa shape index (κ1) is 34.0. The molecule has 0 aliphatic carbocycles. The van der Waals surface area contributed by atoms with Gasteiger partial charge < -0.3 is 19.9 Å². The van der Waals surface area contributed by atoms with E-state index in [9.17, 15) is 18.2 Å². The van der Waals surface area contributed by atoms with E-state index in [-0.39, 0.29) is 17.1 Å². The van der Waals surface area contributed by atoms with Crippen molar-refractivity contribution in [3.05, 3.63) is 90.9 Å². The first-order valence-corrected chi connectivity index (χ1v) is 14.1. The van der Waals surface area contributed by atoms with E-state index in [0.717, 1.165) is 34.3 Å². The Bertz CT molecular complexity index is 1370. The van der Waals surface area contributed by atoms with Crippen LogP contribution in [0, 0.1) is 5.41 Å². The Morgan fingerprint density at radius 1 is 1.07 bits per heavy atom. The number of nitrogens with one attached hydrogen (secondary N) is 3. The summed E-state index contributed by atoms with van der Waals surface area (Å²) in [5.41, 5.74) is 4.67. The number of amides is 1. The van der Waals surface area contributed by atoms with Gasteiger partial charge in [-0.15, -0.1) is 0 Å². The molecule has 216 valence electrons. The second kappa shape index (κ2) is 16.2. The highest BCUT2D eigenvalue weighted by atomic mass is 32.2. The second-order valence-electron chi connectivity index (χ2n) is 10.2. The minimum Gasteiger partial charge on any atom is -0.388 e. The molecule has 2 aromatic carbocycles. The van der Waals surface area contributed by atoms with Gasteiger partial charge in [-0.25, -0.2) is 8.60 Å². The monoisotopic (exact) mass is 568 g/mol. The smallest absolute Gasteiger partial charge is 0.224 e. The van der Waals surface area contributed by atoms with Crippen LogP contribution in [0.5, 0.6) is 0 Å². The summed E-state index contributed by atoms with van der Waals surface area (Å²) in [6.45, 7) is 14.4. The summed E-state index contributed by atoms with van der Waals surface area (Å²) in [5, 5.41) is 6.85. The van der Waals surface area contributed by atoms with Crippen LogP contribution in [-0.4, -0.2) is 34.3 Å². The van der Waals surface area contributed by atoms with Crippen molar-refractivity contribution in [3.63, 3.8) is 0 Å². The molecule has 1 heterocycles. The number of nitrogens with zero attached hydrogens (tertiary/aromatic N) is 1. The molecule has 40 heavy (non-hydrogen) atoms. The zero-order valence-electron chi connectivity index (χ0n) is 24.4. The van der Waals surface area contributed by atoms with Crippen molar-refractivity contribution in [2.75, 3.05) is 28.7 Å². The Morgan fingerprint density at radius 3 is 2.10 bits per heavy atom. The van der Waals surface area contributed by atoms with Gasteiger partial charge in [0.1, 0.15) is 16.8 Å². The highest BCUT2D eigenvalue weighted by molar-refractivity contribution is 7.85. The van der Waals surface area contributed by atoms with E-state index in [2.05, 4.69) is 28.5 Å². The standard InChI is InChI=1S/C16H20N2O2.C8H12N2OS.C7H9F/c1-16(2,3)9-15(20)17-12-5-6-14-11(7-12)8-13(10-19)18(14)4;1-9-7-3-5-8(6-4-7)10-12(2)11;1-4-5-7(8)6(2)3/h5-8,10H,9H2,1-4H3,(H,17,20);3-6,9-10H,1-2H3;4-5H,1-2H2,3H3/b;;7-5+. The zero-order valence-corrected chi connectivity index (χ0v) is 25.2. The number of benzene rings is 2. The number of carbonyl (C=O) groups is 2. The number of hydrogen-bond donors (Lipinski definition) is 3. The molecule has 0 spiro atoms. The Hall–Kier alpha value is -3.98. The first-order valence-electron chi connectivity index (χ1n) is 12.6. The number of allylic oxidation sites excluding steroid dienone is 4. The number of aldehydes is 1. The molecule has 3 aromatic rings. The molecule has 0 saturated carbocycles. The lowest BCUT2D eigenvalue weighted by atomic mass is 9.92. The normalized spacial score (nSPS) is 11.7. The largest absolute Gasteiger partial charge is 0.388 e. The van der Waals surface area contributed by atoms with Gasteiger partial charge in [-0.1, -0.05) is 40.0 Å². The van der Waals surface area contributed by atoms with Crippen molar-refractivity contribution in [2.24, 2.45) is 12.5 Å². The van der Waals surface area contributed by atoms with Gasteiger partial charge in [0.05, 0.1) is 5.69 Å². The summed E-state index contributed by atoms with van der Waals surface area (Å²) >= 11 is 0. The maximum absolute atomic E-state index is 12.2. The highest BCUT2D eigenvalue weighted by Gasteiger charge is 2.16. The van der Waals surface area contributed by atoms with E-state index in [0.29, 0.717) is 17.7 Å². The quantitative estimate of drug-likeness (QED) is 0.195. The Morgan fingerprint density at radius 2 is 1.65 bits per heavy atom. The average Bonchev–Trinajstić information content (AvgIpc) is 3.18. The molecule has 9 heteroatoms. The van der Waals surface area contributed by atoms with Crippen LogP contribution in [-0.2, 0) is 22.8 Å². The fourth-order valence-corrected chi connectivity index (χ4v) is 3.83. The number of halogens is 1. The van der Waals surface area contributed by atoms with Crippen molar-refractivity contribution in [2.45, 2.75) is 34.1 Å². The van der Waals surface area contributed by atoms with Gasteiger partial charge >= 0.3 is 0 Å². The number of rotatable bonds is 8. The molecule has 1 amide bonds. The maximum atomic E-state index is 12.2. The molecule has 0 aliphatic rings. The Balaban J connectivity index is 0.000000339. The average molecular weight is 569 g/mol. The minimum absolute atomic E-state index is 0.00314. The number of aromatic nitrogens is 1. The Kier molecular flexibility index (Phi) is 13.8. The van der Waals surface area contributed by atoms with Gasteiger partial charge in [-0.2, -0.15) is 0 Å². The number of carbonyl (C=O) groups excluding carboxylic acids is 2. The van der Waals surface area contributed by atoms with Crippen molar-refractivity contribution in [1.82, 2.24) is 4.57 Å². The van der Waals surface area contributed by atoms with Crippen molar-refractivity contribution in [1.29, 1.82) is 0 Å². The van der Waals surface area contributed by atoms with E-state index in [1.807, 2.05) is 88.0 Å². The van der Waals surface area contributed by atoms with Crippen LogP contribution in [0.2, 0.25) is 0 Å².